The smallest absolute Gasteiger partial charge is 0.240 e. The molecule has 0 aliphatic heterocycles. The van der Waals surface area contributed by atoms with E-state index >= 15 is 0 Å². The maximum Gasteiger partial charge on any atom is 0.460 e. The van der Waals surface area contributed by atoms with Crippen molar-refractivity contribution in [1.29, 1.82) is 0 Å². The topological polar surface area (TPSA) is 0 Å². The van der Waals surface area contributed by atoms with E-state index in [0.29, 0.717) is 0 Å². The molecule has 9 heteroatoms. The fraction of sp³-hybridized carbons (Fsp3) is 1.00. The molecule has 0 spiro atoms. The van der Waals surface area contributed by atoms with E-state index in [1.807, 2.05) is 0 Å². The number of halogens is 9. The summed E-state index contributed by atoms with van der Waals surface area (Å²) in [4.78, 5) is 0. The molecule has 1 aliphatic rings. The van der Waals surface area contributed by atoms with Crippen LogP contribution in [0.3, 0.4) is 0 Å². The van der Waals surface area contributed by atoms with Gasteiger partial charge in [0.25, 0.3) is 0 Å². The van der Waals surface area contributed by atoms with Gasteiger partial charge in [-0.2, -0.15) is 30.7 Å². The van der Waals surface area contributed by atoms with Crippen LogP contribution in [0.25, 0.3) is 0 Å². The molecule has 0 bridgehead atoms. The Labute approximate surface area is 83.4 Å². The van der Waals surface area contributed by atoms with E-state index in [2.05, 4.69) is 0 Å². The molecule has 1 rings (SSSR count). The minimum atomic E-state index is -6.64. The van der Waals surface area contributed by atoms with Crippen molar-refractivity contribution in [2.45, 2.75) is 42.7 Å². The van der Waals surface area contributed by atoms with E-state index in [0.717, 1.165) is 0 Å². The zero-order valence-electron chi connectivity index (χ0n) is 7.61. The number of rotatable bonds is 2. The second-order valence-electron chi connectivity index (χ2n) is 3.82. The summed E-state index contributed by atoms with van der Waals surface area (Å²) in [6, 6.07) is 0. The Morgan fingerprint density at radius 2 is 1.19 bits per heavy atom. The summed E-state index contributed by atoms with van der Waals surface area (Å²) in [7, 11) is 0. The van der Waals surface area contributed by atoms with Crippen LogP contribution in [0.15, 0.2) is 0 Å². The fourth-order valence-corrected chi connectivity index (χ4v) is 1.28. The molecule has 0 aromatic carbocycles. The molecule has 0 N–H and O–H groups in total. The molecule has 0 amide bonds. The van der Waals surface area contributed by atoms with Crippen molar-refractivity contribution in [2.75, 3.05) is 0 Å². The molecule has 0 heterocycles. The van der Waals surface area contributed by atoms with Crippen molar-refractivity contribution < 1.29 is 39.5 Å². The van der Waals surface area contributed by atoms with Crippen molar-refractivity contribution in [1.82, 2.24) is 0 Å². The summed E-state index contributed by atoms with van der Waals surface area (Å²) in [6.45, 7) is 0.202. The van der Waals surface area contributed by atoms with Crippen LogP contribution in [0.4, 0.5) is 39.5 Å². The van der Waals surface area contributed by atoms with E-state index in [1.165, 1.54) is 0 Å². The predicted octanol–water partition coefficient (Wildman–Crippen LogP) is 3.66. The second-order valence-corrected chi connectivity index (χ2v) is 3.82. The van der Waals surface area contributed by atoms with Gasteiger partial charge in [-0.1, -0.05) is 0 Å². The van der Waals surface area contributed by atoms with Crippen LogP contribution < -0.4 is 0 Å². The molecule has 1 aliphatic carbocycles. The number of hydrogen-bond donors (Lipinski definition) is 0. The van der Waals surface area contributed by atoms with E-state index in [1.54, 1.807) is 0 Å². The van der Waals surface area contributed by atoms with Gasteiger partial charge in [-0.3, -0.25) is 0 Å². The Bertz CT molecular complexity index is 301. The summed E-state index contributed by atoms with van der Waals surface area (Å²) in [5.74, 6) is -12.7. The molecule has 0 aromatic rings. The van der Waals surface area contributed by atoms with Crippen LogP contribution in [0.5, 0.6) is 0 Å². The highest BCUT2D eigenvalue weighted by atomic mass is 19.4. The third kappa shape index (κ3) is 1.32. The van der Waals surface area contributed by atoms with Gasteiger partial charge in [-0.15, -0.1) is 0 Å². The lowest BCUT2D eigenvalue weighted by Gasteiger charge is -2.31. The van der Waals surface area contributed by atoms with E-state index in [4.69, 9.17) is 0 Å². The van der Waals surface area contributed by atoms with Crippen molar-refractivity contribution in [3.05, 3.63) is 0 Å². The first-order valence-corrected chi connectivity index (χ1v) is 3.91. The Hall–Kier alpha value is -0.630. The first-order chi connectivity index (χ1) is 6.71. The van der Waals surface area contributed by atoms with Crippen LogP contribution in [0, 0.1) is 0 Å². The van der Waals surface area contributed by atoms with Gasteiger partial charge in [-0.25, -0.2) is 8.78 Å². The van der Waals surface area contributed by atoms with Crippen molar-refractivity contribution in [3.63, 3.8) is 0 Å². The predicted molar refractivity (Wildman–Crippen MR) is 33.9 cm³/mol. The minimum absolute atomic E-state index is 0.202. The zero-order chi connectivity index (χ0) is 13.2. The van der Waals surface area contributed by atoms with Crippen molar-refractivity contribution >= 4 is 0 Å². The monoisotopic (exact) mass is 260 g/mol. The Morgan fingerprint density at radius 3 is 1.38 bits per heavy atom. The van der Waals surface area contributed by atoms with Gasteiger partial charge in [-0.05, 0) is 6.92 Å². The molecule has 96 valence electrons. The minimum Gasteiger partial charge on any atom is -0.240 e. The van der Waals surface area contributed by atoms with Crippen LogP contribution in [0.1, 0.15) is 13.3 Å². The average Bonchev–Trinajstić information content (AvgIpc) is 2.50. The lowest BCUT2D eigenvalue weighted by molar-refractivity contribution is -0.372. The van der Waals surface area contributed by atoms with Crippen LogP contribution >= 0.6 is 0 Å². The lowest BCUT2D eigenvalue weighted by atomic mass is 10.0. The van der Waals surface area contributed by atoms with Gasteiger partial charge in [0, 0.05) is 6.42 Å². The molecule has 2 unspecified atom stereocenters. The van der Waals surface area contributed by atoms with Gasteiger partial charge in [0.05, 0.1) is 0 Å². The zero-order valence-corrected chi connectivity index (χ0v) is 7.61. The molecule has 1 fully saturated rings. The summed E-state index contributed by atoms with van der Waals surface area (Å²) >= 11 is 0. The van der Waals surface area contributed by atoms with Crippen LogP contribution in [0.2, 0.25) is 0 Å². The Kier molecular flexibility index (Phi) is 2.34. The van der Waals surface area contributed by atoms with Crippen LogP contribution in [-0.4, -0.2) is 29.4 Å². The molecule has 0 radical (unpaired) electrons. The molecule has 2 atom stereocenters. The lowest BCUT2D eigenvalue weighted by Crippen LogP contribution is -2.59. The quantitative estimate of drug-likeness (QED) is 0.664. The molecule has 0 aromatic heterocycles. The van der Waals surface area contributed by atoms with Crippen LogP contribution in [-0.2, 0) is 0 Å². The highest BCUT2D eigenvalue weighted by Crippen LogP contribution is 2.67. The highest BCUT2D eigenvalue weighted by Gasteiger charge is 2.91. The normalized spacial score (nSPS) is 36.4. The highest BCUT2D eigenvalue weighted by molar-refractivity contribution is 5.26. The number of alkyl halides is 9. The standard InChI is InChI=1S/C7H5F9/c1-3(8)2-4(3,9)5(10,11)6(12,13)7(14,15)16/h2H2,1H3. The van der Waals surface area contributed by atoms with Gasteiger partial charge in [0.1, 0.15) is 0 Å². The summed E-state index contributed by atoms with van der Waals surface area (Å²) in [5.41, 5.74) is -7.87. The summed E-state index contributed by atoms with van der Waals surface area (Å²) in [5, 5.41) is 0. The Morgan fingerprint density at radius 1 is 0.875 bits per heavy atom. The largest absolute Gasteiger partial charge is 0.460 e. The summed E-state index contributed by atoms with van der Waals surface area (Å²) in [6.07, 6.45) is -8.34. The molecule has 1 saturated carbocycles. The second kappa shape index (κ2) is 2.79. The number of hydrogen-bond acceptors (Lipinski definition) is 0. The van der Waals surface area contributed by atoms with E-state index in [-0.39, 0.29) is 6.92 Å². The van der Waals surface area contributed by atoms with Crippen molar-refractivity contribution in [2.24, 2.45) is 0 Å². The molecule has 0 saturated heterocycles. The fourth-order valence-electron chi connectivity index (χ4n) is 1.28. The van der Waals surface area contributed by atoms with Gasteiger partial charge in [0.2, 0.25) is 5.67 Å². The molecular formula is C7H5F9. The van der Waals surface area contributed by atoms with E-state index < -0.39 is 35.8 Å². The third-order valence-electron chi connectivity index (χ3n) is 2.52. The molecular weight excluding hydrogens is 255 g/mol. The average molecular weight is 260 g/mol. The van der Waals surface area contributed by atoms with Crippen molar-refractivity contribution in [3.8, 4) is 0 Å². The maximum absolute atomic E-state index is 13.0. The van der Waals surface area contributed by atoms with E-state index in [9.17, 15) is 39.5 Å². The molecule has 0 nitrogen and oxygen atoms in total. The third-order valence-corrected chi connectivity index (χ3v) is 2.52. The molecule has 16 heavy (non-hydrogen) atoms. The Balaban J connectivity index is 3.14. The SMILES string of the molecule is CC1(F)CC1(F)C(F)(F)C(F)(F)C(F)(F)F. The summed E-state index contributed by atoms with van der Waals surface area (Å²) < 4.78 is 111. The maximum atomic E-state index is 13.0. The first-order valence-electron chi connectivity index (χ1n) is 3.91. The first kappa shape index (κ1) is 13.4. The van der Waals surface area contributed by atoms with Gasteiger partial charge < -0.3 is 0 Å². The van der Waals surface area contributed by atoms with Gasteiger partial charge in [0.15, 0.2) is 5.67 Å². The van der Waals surface area contributed by atoms with Gasteiger partial charge >= 0.3 is 18.0 Å².